The summed E-state index contributed by atoms with van der Waals surface area (Å²) in [5.74, 6) is 0.133. The maximum atomic E-state index is 12.3. The Kier molecular flexibility index (Phi) is 7.82. The summed E-state index contributed by atoms with van der Waals surface area (Å²) in [7, 11) is 4.38. The van der Waals surface area contributed by atoms with Crippen LogP contribution in [0.1, 0.15) is 15.9 Å². The molecule has 0 saturated heterocycles. The predicted octanol–water partition coefficient (Wildman–Crippen LogP) is 2.36. The maximum absolute atomic E-state index is 12.3. The fourth-order valence-corrected chi connectivity index (χ4v) is 2.51. The average Bonchev–Trinajstić information content (AvgIpc) is 2.72. The van der Waals surface area contributed by atoms with Gasteiger partial charge >= 0.3 is 0 Å². The molecule has 0 aliphatic carbocycles. The van der Waals surface area contributed by atoms with Gasteiger partial charge in [0.15, 0.2) is 11.5 Å². The van der Waals surface area contributed by atoms with Crippen molar-refractivity contribution in [1.82, 2.24) is 10.7 Å². The van der Waals surface area contributed by atoms with E-state index in [0.29, 0.717) is 17.2 Å². The summed E-state index contributed by atoms with van der Waals surface area (Å²) in [6.07, 6.45) is 1.51. The third-order valence-electron chi connectivity index (χ3n) is 3.61. The minimum atomic E-state index is -0.466. The molecule has 148 valence electrons. The number of carbonyl (C=O) groups excluding carboxylic acids is 2. The molecule has 0 aliphatic heterocycles. The molecule has 28 heavy (non-hydrogen) atoms. The molecule has 0 heterocycles. The molecule has 9 heteroatoms. The van der Waals surface area contributed by atoms with E-state index in [-0.39, 0.29) is 12.1 Å². The van der Waals surface area contributed by atoms with E-state index in [9.17, 15) is 9.59 Å². The molecule has 2 rings (SSSR count). The summed E-state index contributed by atoms with van der Waals surface area (Å²) in [6, 6.07) is 10.4. The lowest BCUT2D eigenvalue weighted by atomic mass is 10.1. The first kappa shape index (κ1) is 21.2. The number of rotatable bonds is 8. The van der Waals surface area contributed by atoms with Gasteiger partial charge in [0.25, 0.3) is 11.8 Å². The van der Waals surface area contributed by atoms with Crippen molar-refractivity contribution in [3.8, 4) is 17.2 Å². The van der Waals surface area contributed by atoms with Crippen LogP contribution in [-0.4, -0.2) is 45.9 Å². The lowest BCUT2D eigenvalue weighted by Gasteiger charge is -2.14. The van der Waals surface area contributed by atoms with Crippen molar-refractivity contribution >= 4 is 34.0 Å². The van der Waals surface area contributed by atoms with Crippen LogP contribution in [0.15, 0.2) is 46.0 Å². The van der Waals surface area contributed by atoms with Crippen molar-refractivity contribution in [3.05, 3.63) is 52.0 Å². The van der Waals surface area contributed by atoms with Gasteiger partial charge in [0.1, 0.15) is 0 Å². The molecule has 0 bridgehead atoms. The highest BCUT2D eigenvalue weighted by atomic mass is 79.9. The van der Waals surface area contributed by atoms with Crippen LogP contribution < -0.4 is 25.0 Å². The Morgan fingerprint density at radius 2 is 1.64 bits per heavy atom. The van der Waals surface area contributed by atoms with Crippen LogP contribution in [0.25, 0.3) is 0 Å². The fraction of sp³-hybridized carbons (Fsp3) is 0.211. The monoisotopic (exact) mass is 449 g/mol. The van der Waals surface area contributed by atoms with Crippen LogP contribution in [0.5, 0.6) is 17.2 Å². The van der Waals surface area contributed by atoms with Crippen LogP contribution in [0.4, 0.5) is 0 Å². The third-order valence-corrected chi connectivity index (χ3v) is 4.14. The van der Waals surface area contributed by atoms with Gasteiger partial charge in [-0.1, -0.05) is 28.1 Å². The molecule has 2 aromatic rings. The zero-order valence-electron chi connectivity index (χ0n) is 15.6. The van der Waals surface area contributed by atoms with Crippen LogP contribution in [-0.2, 0) is 4.79 Å². The molecule has 0 atom stereocenters. The summed E-state index contributed by atoms with van der Waals surface area (Å²) in [6.45, 7) is -0.243. The number of hydrogen-bond donors (Lipinski definition) is 2. The van der Waals surface area contributed by atoms with Crippen LogP contribution in [0.2, 0.25) is 0 Å². The zero-order chi connectivity index (χ0) is 20.5. The number of ether oxygens (including phenoxy) is 3. The highest BCUT2D eigenvalue weighted by molar-refractivity contribution is 9.10. The van der Waals surface area contributed by atoms with Gasteiger partial charge in [-0.25, -0.2) is 5.43 Å². The molecule has 0 spiro atoms. The Balaban J connectivity index is 1.94. The molecule has 0 unspecified atom stereocenters. The van der Waals surface area contributed by atoms with E-state index in [4.69, 9.17) is 14.2 Å². The molecule has 0 radical (unpaired) electrons. The van der Waals surface area contributed by atoms with Gasteiger partial charge in [-0.05, 0) is 29.8 Å². The Bertz CT molecular complexity index is 843. The summed E-state index contributed by atoms with van der Waals surface area (Å²) >= 11 is 3.34. The lowest BCUT2D eigenvalue weighted by molar-refractivity contribution is -0.120. The molecule has 2 amide bonds. The smallest absolute Gasteiger partial charge is 0.259 e. The SMILES string of the molecule is COc1cc(C(=O)NCC(=O)N/N=C/c2ccc(Br)cc2)cc(OC)c1OC. The maximum Gasteiger partial charge on any atom is 0.259 e. The second-order valence-electron chi connectivity index (χ2n) is 5.44. The van der Waals surface area contributed by atoms with Crippen molar-refractivity contribution < 1.29 is 23.8 Å². The Morgan fingerprint density at radius 1 is 1.04 bits per heavy atom. The van der Waals surface area contributed by atoms with Crippen molar-refractivity contribution in [2.75, 3.05) is 27.9 Å². The molecule has 0 saturated carbocycles. The topological polar surface area (TPSA) is 98.2 Å². The highest BCUT2D eigenvalue weighted by Gasteiger charge is 2.17. The average molecular weight is 450 g/mol. The van der Waals surface area contributed by atoms with Crippen LogP contribution in [0, 0.1) is 0 Å². The molecule has 2 N–H and O–H groups in total. The Morgan fingerprint density at radius 3 is 2.18 bits per heavy atom. The molecule has 0 fully saturated rings. The largest absolute Gasteiger partial charge is 0.493 e. The number of halogens is 1. The van der Waals surface area contributed by atoms with Gasteiger partial charge in [0, 0.05) is 10.0 Å². The van der Waals surface area contributed by atoms with E-state index < -0.39 is 11.8 Å². The highest BCUT2D eigenvalue weighted by Crippen LogP contribution is 2.38. The van der Waals surface area contributed by atoms with Crippen molar-refractivity contribution in [2.24, 2.45) is 5.10 Å². The number of nitrogens with one attached hydrogen (secondary N) is 2. The molecule has 0 aromatic heterocycles. The first-order valence-corrected chi connectivity index (χ1v) is 8.93. The molecular formula is C19H20BrN3O5. The molecular weight excluding hydrogens is 430 g/mol. The van der Waals surface area contributed by atoms with E-state index in [2.05, 4.69) is 31.8 Å². The van der Waals surface area contributed by atoms with Crippen molar-refractivity contribution in [1.29, 1.82) is 0 Å². The molecule has 2 aromatic carbocycles. The van der Waals surface area contributed by atoms with Gasteiger partial charge in [-0.2, -0.15) is 5.10 Å². The second kappa shape index (κ2) is 10.3. The lowest BCUT2D eigenvalue weighted by Crippen LogP contribution is -2.34. The van der Waals surface area contributed by atoms with Gasteiger partial charge in [-0.15, -0.1) is 0 Å². The summed E-state index contributed by atoms with van der Waals surface area (Å²) in [5, 5.41) is 6.36. The molecule has 8 nitrogen and oxygen atoms in total. The van der Waals surface area contributed by atoms with Crippen molar-refractivity contribution in [3.63, 3.8) is 0 Å². The van der Waals surface area contributed by atoms with Crippen LogP contribution >= 0.6 is 15.9 Å². The van der Waals surface area contributed by atoms with Gasteiger partial charge in [0.2, 0.25) is 5.75 Å². The van der Waals surface area contributed by atoms with E-state index >= 15 is 0 Å². The minimum absolute atomic E-state index is 0.243. The van der Waals surface area contributed by atoms with E-state index in [1.807, 2.05) is 24.3 Å². The third kappa shape index (κ3) is 5.71. The van der Waals surface area contributed by atoms with E-state index in [1.54, 1.807) is 0 Å². The Labute approximate surface area is 171 Å². The number of nitrogens with zero attached hydrogens (tertiary/aromatic N) is 1. The molecule has 0 aliphatic rings. The number of methoxy groups -OCH3 is 3. The quantitative estimate of drug-likeness (QED) is 0.476. The zero-order valence-corrected chi connectivity index (χ0v) is 17.2. The van der Waals surface area contributed by atoms with Gasteiger partial charge in [0.05, 0.1) is 34.1 Å². The standard InChI is InChI=1S/C19H20BrN3O5/c1-26-15-8-13(9-16(27-2)18(15)28-3)19(25)21-11-17(24)23-22-10-12-4-6-14(20)7-5-12/h4-10H,11H2,1-3H3,(H,21,25)(H,23,24)/b22-10+. The number of hydrogen-bond acceptors (Lipinski definition) is 6. The Hall–Kier alpha value is -3.07. The number of amides is 2. The number of carbonyl (C=O) groups is 2. The number of hydrazone groups is 1. The van der Waals surface area contributed by atoms with Crippen LogP contribution in [0.3, 0.4) is 0 Å². The predicted molar refractivity (Wildman–Crippen MR) is 108 cm³/mol. The number of benzene rings is 2. The first-order valence-electron chi connectivity index (χ1n) is 8.14. The normalized spacial score (nSPS) is 10.4. The van der Waals surface area contributed by atoms with Gasteiger partial charge < -0.3 is 19.5 Å². The summed E-state index contributed by atoms with van der Waals surface area (Å²) in [5.41, 5.74) is 3.44. The fourth-order valence-electron chi connectivity index (χ4n) is 2.24. The summed E-state index contributed by atoms with van der Waals surface area (Å²) in [4.78, 5) is 24.2. The first-order chi connectivity index (χ1) is 13.5. The van der Waals surface area contributed by atoms with Gasteiger partial charge in [-0.3, -0.25) is 9.59 Å². The van der Waals surface area contributed by atoms with Crippen molar-refractivity contribution in [2.45, 2.75) is 0 Å². The summed E-state index contributed by atoms with van der Waals surface area (Å²) < 4.78 is 16.6. The van der Waals surface area contributed by atoms with E-state index in [1.165, 1.54) is 39.7 Å². The second-order valence-corrected chi connectivity index (χ2v) is 6.36. The van der Waals surface area contributed by atoms with E-state index in [0.717, 1.165) is 10.0 Å². The minimum Gasteiger partial charge on any atom is -0.493 e.